The molecule has 0 heterocycles. The zero-order chi connectivity index (χ0) is 14.2. The second-order valence-corrected chi connectivity index (χ2v) is 5.53. The van der Waals surface area contributed by atoms with E-state index in [0.717, 1.165) is 26.1 Å². The molecule has 0 aliphatic rings. The molecule has 4 nitrogen and oxygen atoms in total. The summed E-state index contributed by atoms with van der Waals surface area (Å²) in [4.78, 5) is 14.0. The molecule has 0 amide bonds. The molecule has 4 heteroatoms. The van der Waals surface area contributed by atoms with Crippen LogP contribution in [0.15, 0.2) is 0 Å². The number of hydrogen-bond donors (Lipinski definition) is 1. The Morgan fingerprint density at radius 2 is 2.00 bits per heavy atom. The third-order valence-corrected chi connectivity index (χ3v) is 2.98. The van der Waals surface area contributed by atoms with Crippen LogP contribution >= 0.6 is 0 Å². The molecule has 0 aromatic heterocycles. The van der Waals surface area contributed by atoms with Crippen LogP contribution in [0, 0.1) is 5.92 Å². The minimum Gasteiger partial charge on any atom is -0.465 e. The molecule has 2 N–H and O–H groups in total. The number of esters is 1. The summed E-state index contributed by atoms with van der Waals surface area (Å²) in [6.45, 7) is 13.7. The maximum atomic E-state index is 11.6. The molecule has 108 valence electrons. The molecule has 0 aliphatic carbocycles. The highest BCUT2D eigenvalue weighted by Gasteiger charge is 2.29. The van der Waals surface area contributed by atoms with Gasteiger partial charge in [0.15, 0.2) is 0 Å². The molecular weight excluding hydrogens is 228 g/mol. The Labute approximate surface area is 112 Å². The van der Waals surface area contributed by atoms with E-state index < -0.39 is 5.54 Å². The number of nitrogens with zero attached hydrogens (tertiary/aromatic N) is 1. The molecule has 1 atom stereocenters. The van der Waals surface area contributed by atoms with E-state index in [1.165, 1.54) is 0 Å². The van der Waals surface area contributed by atoms with Gasteiger partial charge in [-0.05, 0) is 45.7 Å². The van der Waals surface area contributed by atoms with Crippen molar-refractivity contribution >= 4 is 5.97 Å². The number of nitrogens with two attached hydrogens (primary N) is 1. The zero-order valence-corrected chi connectivity index (χ0v) is 12.7. The highest BCUT2D eigenvalue weighted by atomic mass is 16.5. The van der Waals surface area contributed by atoms with Crippen molar-refractivity contribution in [3.63, 3.8) is 0 Å². The van der Waals surface area contributed by atoms with Crippen LogP contribution in [0.25, 0.3) is 0 Å². The number of carbonyl (C=O) groups is 1. The van der Waals surface area contributed by atoms with Crippen LogP contribution < -0.4 is 5.73 Å². The first-order valence-corrected chi connectivity index (χ1v) is 7.01. The molecule has 1 unspecified atom stereocenters. The monoisotopic (exact) mass is 258 g/mol. The Bertz CT molecular complexity index is 240. The van der Waals surface area contributed by atoms with Crippen LogP contribution in [0.1, 0.15) is 47.5 Å². The van der Waals surface area contributed by atoms with E-state index in [0.29, 0.717) is 18.9 Å². The fourth-order valence-corrected chi connectivity index (χ4v) is 1.96. The molecule has 0 aromatic carbocycles. The van der Waals surface area contributed by atoms with E-state index in [1.807, 2.05) is 0 Å². The molecule has 0 fully saturated rings. The van der Waals surface area contributed by atoms with Gasteiger partial charge in [-0.25, -0.2) is 0 Å². The Kier molecular flexibility index (Phi) is 8.20. The number of hydrogen-bond acceptors (Lipinski definition) is 4. The van der Waals surface area contributed by atoms with Crippen molar-refractivity contribution in [3.05, 3.63) is 0 Å². The molecule has 0 radical (unpaired) electrons. The molecule has 0 spiro atoms. The number of ether oxygens (including phenoxy) is 1. The zero-order valence-electron chi connectivity index (χ0n) is 12.7. The van der Waals surface area contributed by atoms with Crippen molar-refractivity contribution < 1.29 is 9.53 Å². The van der Waals surface area contributed by atoms with Crippen LogP contribution in [0.5, 0.6) is 0 Å². The lowest BCUT2D eigenvalue weighted by Crippen LogP contribution is -2.46. The smallest absolute Gasteiger partial charge is 0.325 e. The van der Waals surface area contributed by atoms with Crippen molar-refractivity contribution in [1.82, 2.24) is 4.90 Å². The van der Waals surface area contributed by atoms with E-state index in [-0.39, 0.29) is 5.97 Å². The third kappa shape index (κ3) is 6.97. The first-order valence-electron chi connectivity index (χ1n) is 7.01. The first-order chi connectivity index (χ1) is 8.33. The molecule has 0 aromatic rings. The lowest BCUT2D eigenvalue weighted by molar-refractivity contribution is -0.149. The van der Waals surface area contributed by atoms with Gasteiger partial charge in [0.1, 0.15) is 5.54 Å². The van der Waals surface area contributed by atoms with E-state index in [2.05, 4.69) is 25.7 Å². The lowest BCUT2D eigenvalue weighted by Gasteiger charge is -2.26. The fraction of sp³-hybridized carbons (Fsp3) is 0.929. The molecule has 0 saturated carbocycles. The van der Waals surface area contributed by atoms with Gasteiger partial charge >= 0.3 is 5.97 Å². The summed E-state index contributed by atoms with van der Waals surface area (Å²) < 4.78 is 4.98. The maximum Gasteiger partial charge on any atom is 0.325 e. The van der Waals surface area contributed by atoms with Gasteiger partial charge < -0.3 is 15.4 Å². The summed E-state index contributed by atoms with van der Waals surface area (Å²) >= 11 is 0. The van der Waals surface area contributed by atoms with Crippen LogP contribution in [0.3, 0.4) is 0 Å². The topological polar surface area (TPSA) is 55.6 Å². The maximum absolute atomic E-state index is 11.6. The molecule has 0 bridgehead atoms. The lowest BCUT2D eigenvalue weighted by atomic mass is 9.97. The fourth-order valence-electron chi connectivity index (χ4n) is 1.96. The van der Waals surface area contributed by atoms with Gasteiger partial charge in [0.05, 0.1) is 6.61 Å². The third-order valence-electron chi connectivity index (χ3n) is 2.98. The summed E-state index contributed by atoms with van der Waals surface area (Å²) in [7, 11) is 0. The van der Waals surface area contributed by atoms with Crippen LogP contribution in [-0.4, -0.2) is 42.6 Å². The minimum atomic E-state index is -0.854. The highest BCUT2D eigenvalue weighted by Crippen LogP contribution is 2.12. The molecule has 0 aliphatic heterocycles. The summed E-state index contributed by atoms with van der Waals surface area (Å²) in [5.41, 5.74) is 5.13. The molecular formula is C14H30N2O2. The Morgan fingerprint density at radius 3 is 2.44 bits per heavy atom. The molecule has 18 heavy (non-hydrogen) atoms. The van der Waals surface area contributed by atoms with E-state index in [4.69, 9.17) is 10.5 Å². The van der Waals surface area contributed by atoms with Gasteiger partial charge in [0.25, 0.3) is 0 Å². The normalized spacial score (nSPS) is 14.9. The van der Waals surface area contributed by atoms with Gasteiger partial charge in [0, 0.05) is 6.54 Å². The summed E-state index contributed by atoms with van der Waals surface area (Å²) in [5.74, 6) is 0.371. The van der Waals surface area contributed by atoms with Crippen molar-refractivity contribution in [2.24, 2.45) is 11.7 Å². The van der Waals surface area contributed by atoms with E-state index in [9.17, 15) is 4.79 Å². The predicted molar refractivity (Wildman–Crippen MR) is 75.4 cm³/mol. The quantitative estimate of drug-likeness (QED) is 0.643. The summed E-state index contributed by atoms with van der Waals surface area (Å²) in [6.07, 6.45) is 1.59. The van der Waals surface area contributed by atoms with Crippen molar-refractivity contribution in [2.75, 3.05) is 26.2 Å². The van der Waals surface area contributed by atoms with Crippen LogP contribution in [-0.2, 0) is 9.53 Å². The first kappa shape index (κ1) is 17.4. The van der Waals surface area contributed by atoms with Crippen molar-refractivity contribution in [1.29, 1.82) is 0 Å². The molecule has 0 saturated heterocycles. The van der Waals surface area contributed by atoms with E-state index in [1.54, 1.807) is 13.8 Å². The average Bonchev–Trinajstić information content (AvgIpc) is 2.27. The van der Waals surface area contributed by atoms with Gasteiger partial charge in [0.2, 0.25) is 0 Å². The van der Waals surface area contributed by atoms with Gasteiger partial charge in [-0.2, -0.15) is 0 Å². The Balaban J connectivity index is 4.03. The van der Waals surface area contributed by atoms with E-state index >= 15 is 0 Å². The van der Waals surface area contributed by atoms with Gasteiger partial charge in [-0.15, -0.1) is 0 Å². The minimum absolute atomic E-state index is 0.295. The summed E-state index contributed by atoms with van der Waals surface area (Å²) in [6, 6.07) is 0. The second-order valence-electron chi connectivity index (χ2n) is 5.53. The summed E-state index contributed by atoms with van der Waals surface area (Å²) in [5, 5.41) is 0. The van der Waals surface area contributed by atoms with Crippen LogP contribution in [0.4, 0.5) is 0 Å². The largest absolute Gasteiger partial charge is 0.465 e. The number of rotatable bonds is 9. The Hall–Kier alpha value is -0.610. The van der Waals surface area contributed by atoms with Crippen molar-refractivity contribution in [3.8, 4) is 0 Å². The average molecular weight is 258 g/mol. The van der Waals surface area contributed by atoms with Crippen LogP contribution in [0.2, 0.25) is 0 Å². The predicted octanol–water partition coefficient (Wildman–Crippen LogP) is 2.02. The second kappa shape index (κ2) is 8.48. The highest BCUT2D eigenvalue weighted by molar-refractivity contribution is 5.79. The van der Waals surface area contributed by atoms with Gasteiger partial charge in [-0.3, -0.25) is 4.79 Å². The van der Waals surface area contributed by atoms with Gasteiger partial charge in [-0.1, -0.05) is 20.8 Å². The standard InChI is InChI=1S/C14H30N2O2/c1-6-16(11-12(3)4)10-8-9-14(5,15)13(17)18-7-2/h12H,6-11,15H2,1-5H3. The molecule has 0 rings (SSSR count). The SMILES string of the molecule is CCOC(=O)C(C)(N)CCCN(CC)CC(C)C. The number of carbonyl (C=O) groups excluding carboxylic acids is 1. The van der Waals surface area contributed by atoms with Crippen molar-refractivity contribution in [2.45, 2.75) is 53.0 Å². The Morgan fingerprint density at radius 1 is 1.39 bits per heavy atom.